The van der Waals surface area contributed by atoms with Crippen LogP contribution in [0.2, 0.25) is 0 Å². The van der Waals surface area contributed by atoms with Crippen molar-refractivity contribution in [1.82, 2.24) is 10.3 Å². The molecule has 0 aliphatic carbocycles. The van der Waals surface area contributed by atoms with Crippen LogP contribution in [0.4, 0.5) is 0 Å². The maximum Gasteiger partial charge on any atom is 0.252 e. The number of hydrogen-bond donors (Lipinski definition) is 1. The first-order valence-corrected chi connectivity index (χ1v) is 8.78. The van der Waals surface area contributed by atoms with Gasteiger partial charge in [0.15, 0.2) is 5.78 Å². The number of thiazole rings is 1. The lowest BCUT2D eigenvalue weighted by molar-refractivity contribution is 0.0939. The van der Waals surface area contributed by atoms with E-state index >= 15 is 0 Å². The minimum atomic E-state index is -0.273. The van der Waals surface area contributed by atoms with Gasteiger partial charge in [-0.25, -0.2) is 4.98 Å². The fraction of sp³-hybridized carbons (Fsp3) is 0.150. The summed E-state index contributed by atoms with van der Waals surface area (Å²) >= 11 is 1.61. The molecule has 0 spiro atoms. The maximum atomic E-state index is 12.7. The van der Waals surface area contributed by atoms with Crippen molar-refractivity contribution in [3.63, 3.8) is 0 Å². The van der Waals surface area contributed by atoms with Crippen molar-refractivity contribution in [1.29, 1.82) is 0 Å². The molecule has 1 heterocycles. The van der Waals surface area contributed by atoms with E-state index in [4.69, 9.17) is 0 Å². The zero-order valence-electron chi connectivity index (χ0n) is 14.1. The van der Waals surface area contributed by atoms with Crippen LogP contribution < -0.4 is 5.32 Å². The lowest BCUT2D eigenvalue weighted by Crippen LogP contribution is -2.25. The fourth-order valence-corrected chi connectivity index (χ4v) is 3.45. The first kappa shape index (κ1) is 17.0. The Hall–Kier alpha value is -2.79. The number of nitrogens with zero attached hydrogens (tertiary/aromatic N) is 1. The lowest BCUT2D eigenvalue weighted by atomic mass is 9.98. The predicted molar refractivity (Wildman–Crippen MR) is 99.1 cm³/mol. The van der Waals surface area contributed by atoms with Crippen LogP contribution in [0, 0.1) is 13.8 Å². The second kappa shape index (κ2) is 7.40. The van der Waals surface area contributed by atoms with Crippen molar-refractivity contribution in [2.75, 3.05) is 0 Å². The van der Waals surface area contributed by atoms with Gasteiger partial charge in [0.2, 0.25) is 0 Å². The second-order valence-electron chi connectivity index (χ2n) is 5.66. The van der Waals surface area contributed by atoms with Gasteiger partial charge in [-0.1, -0.05) is 48.5 Å². The summed E-state index contributed by atoms with van der Waals surface area (Å²) in [4.78, 5) is 30.8. The standard InChI is InChI=1S/C20H18N2O2S/c1-13-18(22-14(2)25-13)12-21-20(24)17-11-7-6-10-16(17)19(23)15-8-4-3-5-9-15/h3-11H,12H2,1-2H3,(H,21,24). The zero-order valence-corrected chi connectivity index (χ0v) is 14.9. The van der Waals surface area contributed by atoms with Gasteiger partial charge in [-0.15, -0.1) is 11.3 Å². The van der Waals surface area contributed by atoms with E-state index in [1.807, 2.05) is 32.0 Å². The van der Waals surface area contributed by atoms with Crippen LogP contribution >= 0.6 is 11.3 Å². The molecule has 3 rings (SSSR count). The average Bonchev–Trinajstić information content (AvgIpc) is 2.97. The summed E-state index contributed by atoms with van der Waals surface area (Å²) < 4.78 is 0. The third kappa shape index (κ3) is 3.83. The molecular formula is C20H18N2O2S. The van der Waals surface area contributed by atoms with Gasteiger partial charge in [-0.3, -0.25) is 9.59 Å². The normalized spacial score (nSPS) is 10.5. The summed E-state index contributed by atoms with van der Waals surface area (Å²) in [5.41, 5.74) is 2.20. The number of carbonyl (C=O) groups excluding carboxylic acids is 2. The Kier molecular flexibility index (Phi) is 5.05. The van der Waals surface area contributed by atoms with Crippen molar-refractivity contribution < 1.29 is 9.59 Å². The number of carbonyl (C=O) groups is 2. The Morgan fingerprint density at radius 3 is 2.24 bits per heavy atom. The van der Waals surface area contributed by atoms with Gasteiger partial charge in [0.1, 0.15) is 0 Å². The highest BCUT2D eigenvalue weighted by atomic mass is 32.1. The third-order valence-corrected chi connectivity index (χ3v) is 4.80. The van der Waals surface area contributed by atoms with E-state index in [9.17, 15) is 9.59 Å². The number of aromatic nitrogens is 1. The molecule has 0 unspecified atom stereocenters. The van der Waals surface area contributed by atoms with Crippen molar-refractivity contribution in [3.8, 4) is 0 Å². The Morgan fingerprint density at radius 2 is 1.60 bits per heavy atom. The quantitative estimate of drug-likeness (QED) is 0.710. The smallest absolute Gasteiger partial charge is 0.252 e. The van der Waals surface area contributed by atoms with E-state index in [-0.39, 0.29) is 11.7 Å². The molecule has 0 saturated heterocycles. The molecule has 1 N–H and O–H groups in total. The van der Waals surface area contributed by atoms with Crippen molar-refractivity contribution in [2.24, 2.45) is 0 Å². The minimum Gasteiger partial charge on any atom is -0.346 e. The van der Waals surface area contributed by atoms with Gasteiger partial charge in [0, 0.05) is 16.0 Å². The van der Waals surface area contributed by atoms with Crippen molar-refractivity contribution >= 4 is 23.0 Å². The van der Waals surface area contributed by atoms with Crippen LogP contribution in [0.15, 0.2) is 54.6 Å². The van der Waals surface area contributed by atoms with Crippen LogP contribution in [0.1, 0.15) is 41.9 Å². The molecular weight excluding hydrogens is 332 g/mol. The van der Waals surface area contributed by atoms with Gasteiger partial charge >= 0.3 is 0 Å². The monoisotopic (exact) mass is 350 g/mol. The van der Waals surface area contributed by atoms with Crippen molar-refractivity contribution in [3.05, 3.63) is 86.9 Å². The van der Waals surface area contributed by atoms with E-state index in [0.29, 0.717) is 23.2 Å². The van der Waals surface area contributed by atoms with Crippen LogP contribution in [0.5, 0.6) is 0 Å². The van der Waals surface area contributed by atoms with Gasteiger partial charge in [-0.05, 0) is 19.9 Å². The minimum absolute atomic E-state index is 0.160. The maximum absolute atomic E-state index is 12.7. The van der Waals surface area contributed by atoms with E-state index < -0.39 is 0 Å². The topological polar surface area (TPSA) is 59.1 Å². The van der Waals surface area contributed by atoms with Gasteiger partial charge < -0.3 is 5.32 Å². The summed E-state index contributed by atoms with van der Waals surface area (Å²) in [6.07, 6.45) is 0. The Labute approximate surface area is 150 Å². The lowest BCUT2D eigenvalue weighted by Gasteiger charge is -2.09. The molecule has 1 amide bonds. The molecule has 2 aromatic carbocycles. The molecule has 0 aliphatic heterocycles. The first-order valence-electron chi connectivity index (χ1n) is 7.96. The number of aryl methyl sites for hydroxylation is 2. The van der Waals surface area contributed by atoms with Crippen LogP contribution in [-0.2, 0) is 6.54 Å². The summed E-state index contributed by atoms with van der Waals surface area (Å²) in [5.74, 6) is -0.433. The highest BCUT2D eigenvalue weighted by Crippen LogP contribution is 2.17. The molecule has 0 radical (unpaired) electrons. The number of hydrogen-bond acceptors (Lipinski definition) is 4. The highest BCUT2D eigenvalue weighted by molar-refractivity contribution is 7.11. The van der Waals surface area contributed by atoms with E-state index in [2.05, 4.69) is 10.3 Å². The molecule has 25 heavy (non-hydrogen) atoms. The molecule has 0 aliphatic rings. The summed E-state index contributed by atoms with van der Waals surface area (Å²) in [6.45, 7) is 4.28. The third-order valence-electron chi connectivity index (χ3n) is 3.87. The molecule has 0 saturated carbocycles. The summed E-state index contributed by atoms with van der Waals surface area (Å²) in [6, 6.07) is 15.8. The van der Waals surface area contributed by atoms with Gasteiger partial charge in [0.05, 0.1) is 22.8 Å². The predicted octanol–water partition coefficient (Wildman–Crippen LogP) is 3.92. The Bertz CT molecular complexity index is 916. The van der Waals surface area contributed by atoms with Crippen LogP contribution in [0.25, 0.3) is 0 Å². The van der Waals surface area contributed by atoms with Gasteiger partial charge in [0.25, 0.3) is 5.91 Å². The van der Waals surface area contributed by atoms with E-state index in [1.165, 1.54) is 0 Å². The molecule has 3 aromatic rings. The molecule has 0 atom stereocenters. The van der Waals surface area contributed by atoms with E-state index in [0.717, 1.165) is 15.6 Å². The largest absolute Gasteiger partial charge is 0.346 e. The SMILES string of the molecule is Cc1nc(CNC(=O)c2ccccc2C(=O)c2ccccc2)c(C)s1. The Morgan fingerprint density at radius 1 is 0.960 bits per heavy atom. The number of amides is 1. The molecule has 4 nitrogen and oxygen atoms in total. The molecule has 0 bridgehead atoms. The van der Waals surface area contributed by atoms with Crippen LogP contribution in [0.3, 0.4) is 0 Å². The zero-order chi connectivity index (χ0) is 17.8. The average molecular weight is 350 g/mol. The highest BCUT2D eigenvalue weighted by Gasteiger charge is 2.18. The molecule has 5 heteroatoms. The molecule has 1 aromatic heterocycles. The van der Waals surface area contributed by atoms with Crippen LogP contribution in [-0.4, -0.2) is 16.7 Å². The second-order valence-corrected chi connectivity index (χ2v) is 7.07. The number of ketones is 1. The Balaban J connectivity index is 1.81. The number of rotatable bonds is 5. The number of nitrogens with one attached hydrogen (secondary N) is 1. The van der Waals surface area contributed by atoms with Crippen molar-refractivity contribution in [2.45, 2.75) is 20.4 Å². The summed E-state index contributed by atoms with van der Waals surface area (Å²) in [5, 5.41) is 3.84. The number of benzene rings is 2. The summed E-state index contributed by atoms with van der Waals surface area (Å²) in [7, 11) is 0. The van der Waals surface area contributed by atoms with E-state index in [1.54, 1.807) is 47.7 Å². The molecule has 0 fully saturated rings. The fourth-order valence-electron chi connectivity index (χ4n) is 2.62. The first-order chi connectivity index (χ1) is 12.1. The van der Waals surface area contributed by atoms with Gasteiger partial charge in [-0.2, -0.15) is 0 Å². The molecule has 126 valence electrons.